The van der Waals surface area contributed by atoms with Crippen molar-refractivity contribution in [2.45, 2.75) is 32.9 Å². The second-order valence-corrected chi connectivity index (χ2v) is 5.99. The lowest BCUT2D eigenvalue weighted by Gasteiger charge is -2.22. The molecule has 0 fully saturated rings. The van der Waals surface area contributed by atoms with Gasteiger partial charge >= 0.3 is 0 Å². The van der Waals surface area contributed by atoms with E-state index in [1.165, 1.54) is 17.2 Å². The monoisotopic (exact) mass is 335 g/mol. The van der Waals surface area contributed by atoms with Gasteiger partial charge in [0.2, 0.25) is 0 Å². The molecule has 1 unspecified atom stereocenters. The molecule has 2 atom stereocenters. The molecule has 2 aromatic rings. The Kier molecular flexibility index (Phi) is 4.95. The second-order valence-electron chi connectivity index (χ2n) is 5.14. The molecule has 20 heavy (non-hydrogen) atoms. The summed E-state index contributed by atoms with van der Waals surface area (Å²) in [7, 11) is 0. The van der Waals surface area contributed by atoms with Gasteiger partial charge in [0.25, 0.3) is 0 Å². The van der Waals surface area contributed by atoms with E-state index in [0.29, 0.717) is 4.47 Å². The highest BCUT2D eigenvalue weighted by Gasteiger charge is 2.13. The number of halogens is 2. The van der Waals surface area contributed by atoms with Crippen LogP contribution in [0.2, 0.25) is 0 Å². The van der Waals surface area contributed by atoms with Crippen LogP contribution in [0.1, 0.15) is 42.6 Å². The van der Waals surface area contributed by atoms with E-state index in [2.05, 4.69) is 60.2 Å². The molecule has 0 aliphatic rings. The summed E-state index contributed by atoms with van der Waals surface area (Å²) >= 11 is 3.23. The van der Waals surface area contributed by atoms with E-state index in [0.717, 1.165) is 5.56 Å². The number of rotatable bonds is 4. The molecule has 0 radical (unpaired) electrons. The zero-order valence-electron chi connectivity index (χ0n) is 12.0. The molecule has 0 heterocycles. The minimum atomic E-state index is -0.229. The van der Waals surface area contributed by atoms with E-state index in [-0.39, 0.29) is 17.9 Å². The van der Waals surface area contributed by atoms with Gasteiger partial charge in [-0.05, 0) is 65.5 Å². The largest absolute Gasteiger partial charge is 0.304 e. The minimum Gasteiger partial charge on any atom is -0.304 e. The normalized spacial score (nSPS) is 14.1. The fourth-order valence-electron chi connectivity index (χ4n) is 2.42. The molecular formula is C17H19BrFN. The van der Waals surface area contributed by atoms with Gasteiger partial charge in [0.05, 0.1) is 4.47 Å². The van der Waals surface area contributed by atoms with Gasteiger partial charge in [0.15, 0.2) is 0 Å². The van der Waals surface area contributed by atoms with Crippen LogP contribution in [-0.2, 0) is 0 Å². The Morgan fingerprint density at radius 2 is 1.75 bits per heavy atom. The van der Waals surface area contributed by atoms with Crippen LogP contribution in [-0.4, -0.2) is 0 Å². The number of hydrogen-bond donors (Lipinski definition) is 1. The summed E-state index contributed by atoms with van der Waals surface area (Å²) in [6.07, 6.45) is 0. The molecule has 0 aliphatic carbocycles. The Morgan fingerprint density at radius 1 is 1.05 bits per heavy atom. The van der Waals surface area contributed by atoms with Crippen molar-refractivity contribution in [1.29, 1.82) is 0 Å². The molecule has 0 aliphatic heterocycles. The van der Waals surface area contributed by atoms with Crippen LogP contribution in [0.25, 0.3) is 0 Å². The fraction of sp³-hybridized carbons (Fsp3) is 0.294. The first-order valence-corrected chi connectivity index (χ1v) is 7.55. The van der Waals surface area contributed by atoms with Crippen LogP contribution in [0.4, 0.5) is 4.39 Å². The van der Waals surface area contributed by atoms with E-state index < -0.39 is 0 Å². The summed E-state index contributed by atoms with van der Waals surface area (Å²) in [6.45, 7) is 6.36. The van der Waals surface area contributed by atoms with Gasteiger partial charge in [-0.2, -0.15) is 0 Å². The fourth-order valence-corrected chi connectivity index (χ4v) is 2.81. The summed E-state index contributed by atoms with van der Waals surface area (Å²) < 4.78 is 13.8. The maximum absolute atomic E-state index is 13.3. The van der Waals surface area contributed by atoms with Crippen molar-refractivity contribution < 1.29 is 4.39 Å². The maximum Gasteiger partial charge on any atom is 0.137 e. The Balaban J connectivity index is 2.13. The van der Waals surface area contributed by atoms with Crippen molar-refractivity contribution in [3.8, 4) is 0 Å². The first kappa shape index (κ1) is 15.2. The Hall–Kier alpha value is -1.19. The number of benzene rings is 2. The average molecular weight is 336 g/mol. The highest BCUT2D eigenvalue weighted by Crippen LogP contribution is 2.24. The van der Waals surface area contributed by atoms with Crippen LogP contribution in [0.5, 0.6) is 0 Å². The predicted molar refractivity (Wildman–Crippen MR) is 85.2 cm³/mol. The molecule has 2 rings (SSSR count). The standard InChI is InChI=1S/C17H19BrFN/c1-11-6-4-5-7-15(11)13(3)20-12(2)14-8-9-17(19)16(18)10-14/h4-10,12-13,20H,1-3H3/t12?,13-/m0/s1. The van der Waals surface area contributed by atoms with Crippen LogP contribution in [0, 0.1) is 12.7 Å². The van der Waals surface area contributed by atoms with Gasteiger partial charge in [-0.1, -0.05) is 30.3 Å². The molecule has 0 saturated carbocycles. The Bertz CT molecular complexity index is 597. The molecule has 106 valence electrons. The molecule has 0 aromatic heterocycles. The van der Waals surface area contributed by atoms with Gasteiger partial charge in [0.1, 0.15) is 5.82 Å². The third-order valence-electron chi connectivity index (χ3n) is 3.60. The predicted octanol–water partition coefficient (Wildman–Crippen LogP) is 5.31. The van der Waals surface area contributed by atoms with Crippen LogP contribution in [0.3, 0.4) is 0 Å². The topological polar surface area (TPSA) is 12.0 Å². The molecule has 0 amide bonds. The van der Waals surface area contributed by atoms with Gasteiger partial charge in [-0.25, -0.2) is 4.39 Å². The lowest BCUT2D eigenvalue weighted by Crippen LogP contribution is -2.23. The Morgan fingerprint density at radius 3 is 2.40 bits per heavy atom. The van der Waals surface area contributed by atoms with E-state index in [1.807, 2.05) is 18.2 Å². The molecule has 0 bridgehead atoms. The summed E-state index contributed by atoms with van der Waals surface area (Å²) in [5.41, 5.74) is 3.64. The molecular weight excluding hydrogens is 317 g/mol. The van der Waals surface area contributed by atoms with Crippen LogP contribution in [0.15, 0.2) is 46.9 Å². The first-order chi connectivity index (χ1) is 9.49. The van der Waals surface area contributed by atoms with Crippen molar-refractivity contribution in [3.05, 3.63) is 69.4 Å². The number of hydrogen-bond acceptors (Lipinski definition) is 1. The van der Waals surface area contributed by atoms with E-state index in [1.54, 1.807) is 0 Å². The molecule has 0 spiro atoms. The molecule has 0 saturated heterocycles. The van der Waals surface area contributed by atoms with Gasteiger partial charge in [-0.15, -0.1) is 0 Å². The summed E-state index contributed by atoms with van der Waals surface area (Å²) in [4.78, 5) is 0. The van der Waals surface area contributed by atoms with Crippen molar-refractivity contribution >= 4 is 15.9 Å². The zero-order chi connectivity index (χ0) is 14.7. The first-order valence-electron chi connectivity index (χ1n) is 6.75. The van der Waals surface area contributed by atoms with Crippen molar-refractivity contribution in [1.82, 2.24) is 5.32 Å². The number of aryl methyl sites for hydroxylation is 1. The van der Waals surface area contributed by atoms with E-state index in [9.17, 15) is 4.39 Å². The highest BCUT2D eigenvalue weighted by molar-refractivity contribution is 9.10. The van der Waals surface area contributed by atoms with Crippen LogP contribution >= 0.6 is 15.9 Å². The quantitative estimate of drug-likeness (QED) is 0.798. The summed E-state index contributed by atoms with van der Waals surface area (Å²) in [5.74, 6) is -0.229. The van der Waals surface area contributed by atoms with Gasteiger partial charge in [0, 0.05) is 12.1 Å². The Labute approximate surface area is 128 Å². The smallest absolute Gasteiger partial charge is 0.137 e. The van der Waals surface area contributed by atoms with E-state index in [4.69, 9.17) is 0 Å². The lowest BCUT2D eigenvalue weighted by atomic mass is 10.0. The molecule has 3 heteroatoms. The molecule has 1 nitrogen and oxygen atoms in total. The average Bonchev–Trinajstić information content (AvgIpc) is 2.42. The lowest BCUT2D eigenvalue weighted by molar-refractivity contribution is 0.492. The van der Waals surface area contributed by atoms with Crippen molar-refractivity contribution in [2.24, 2.45) is 0 Å². The van der Waals surface area contributed by atoms with Gasteiger partial charge < -0.3 is 5.32 Å². The second kappa shape index (κ2) is 6.51. The minimum absolute atomic E-state index is 0.154. The maximum atomic E-state index is 13.3. The van der Waals surface area contributed by atoms with Gasteiger partial charge in [-0.3, -0.25) is 0 Å². The highest BCUT2D eigenvalue weighted by atomic mass is 79.9. The summed E-state index contributed by atoms with van der Waals surface area (Å²) in [6, 6.07) is 13.9. The van der Waals surface area contributed by atoms with Crippen molar-refractivity contribution in [3.63, 3.8) is 0 Å². The van der Waals surface area contributed by atoms with E-state index >= 15 is 0 Å². The third kappa shape index (κ3) is 3.47. The zero-order valence-corrected chi connectivity index (χ0v) is 13.5. The molecule has 1 N–H and O–H groups in total. The van der Waals surface area contributed by atoms with Crippen LogP contribution < -0.4 is 5.32 Å². The molecule has 2 aromatic carbocycles. The van der Waals surface area contributed by atoms with Crippen molar-refractivity contribution in [2.75, 3.05) is 0 Å². The third-order valence-corrected chi connectivity index (χ3v) is 4.21. The number of nitrogens with one attached hydrogen (secondary N) is 1. The SMILES string of the molecule is Cc1ccccc1[C@H](C)NC(C)c1ccc(F)c(Br)c1. The summed E-state index contributed by atoms with van der Waals surface area (Å²) in [5, 5.41) is 3.56.